The van der Waals surface area contributed by atoms with Crippen molar-refractivity contribution in [1.82, 2.24) is 14.9 Å². The van der Waals surface area contributed by atoms with Gasteiger partial charge in [-0.2, -0.15) is 0 Å². The third-order valence-electron chi connectivity index (χ3n) is 5.02. The predicted octanol–water partition coefficient (Wildman–Crippen LogP) is 2.86. The first-order chi connectivity index (χ1) is 14.1. The number of fused-ring (bicyclic) bond motifs is 1. The molecule has 4 rings (SSSR count). The highest BCUT2D eigenvalue weighted by Gasteiger charge is 2.30. The minimum atomic E-state index is -0.622. The SMILES string of the molecule is O=C1C[C@H](C(=O)NCCc2nccn2Cc2ccccc2)c2ccc(F)cc2N1. The number of carbonyl (C=O) groups excluding carboxylic acids is 2. The van der Waals surface area contributed by atoms with Crippen LogP contribution in [0, 0.1) is 5.82 Å². The van der Waals surface area contributed by atoms with E-state index in [-0.39, 0.29) is 18.2 Å². The molecular formula is C22H21FN4O2. The van der Waals surface area contributed by atoms with Crippen LogP contribution in [0.25, 0.3) is 0 Å². The Morgan fingerprint density at radius 2 is 2.07 bits per heavy atom. The van der Waals surface area contributed by atoms with Crippen LogP contribution in [-0.2, 0) is 22.6 Å². The van der Waals surface area contributed by atoms with Crippen LogP contribution in [0.5, 0.6) is 0 Å². The molecule has 1 aliphatic rings. The molecule has 0 fully saturated rings. The lowest BCUT2D eigenvalue weighted by molar-refractivity contribution is -0.126. The molecule has 0 bridgehead atoms. The molecule has 29 heavy (non-hydrogen) atoms. The highest BCUT2D eigenvalue weighted by atomic mass is 19.1. The molecule has 2 aromatic carbocycles. The van der Waals surface area contributed by atoms with E-state index in [0.717, 1.165) is 5.82 Å². The summed E-state index contributed by atoms with van der Waals surface area (Å²) in [6.45, 7) is 1.12. The van der Waals surface area contributed by atoms with E-state index in [4.69, 9.17) is 0 Å². The number of hydrogen-bond acceptors (Lipinski definition) is 3. The number of aromatic nitrogens is 2. The number of hydrogen-bond donors (Lipinski definition) is 2. The zero-order valence-corrected chi connectivity index (χ0v) is 15.8. The highest BCUT2D eigenvalue weighted by molar-refractivity contribution is 6.01. The summed E-state index contributed by atoms with van der Waals surface area (Å²) in [4.78, 5) is 29.0. The quantitative estimate of drug-likeness (QED) is 0.677. The van der Waals surface area contributed by atoms with Crippen molar-refractivity contribution in [2.75, 3.05) is 11.9 Å². The van der Waals surface area contributed by atoms with Gasteiger partial charge in [-0.3, -0.25) is 9.59 Å². The molecule has 2 heterocycles. The summed E-state index contributed by atoms with van der Waals surface area (Å²) in [5, 5.41) is 5.51. The maximum atomic E-state index is 13.4. The van der Waals surface area contributed by atoms with Gasteiger partial charge in [0.25, 0.3) is 0 Å². The number of benzene rings is 2. The molecule has 3 aromatic rings. The van der Waals surface area contributed by atoms with Crippen LogP contribution in [0.15, 0.2) is 60.9 Å². The molecule has 0 spiro atoms. The van der Waals surface area contributed by atoms with Crippen molar-refractivity contribution < 1.29 is 14.0 Å². The number of carbonyl (C=O) groups is 2. The average Bonchev–Trinajstić information content (AvgIpc) is 3.14. The van der Waals surface area contributed by atoms with Crippen LogP contribution in [0.3, 0.4) is 0 Å². The molecule has 0 saturated heterocycles. The fourth-order valence-corrected chi connectivity index (χ4v) is 3.58. The minimum Gasteiger partial charge on any atom is -0.355 e. The van der Waals surface area contributed by atoms with Crippen LogP contribution in [-0.4, -0.2) is 27.9 Å². The zero-order chi connectivity index (χ0) is 20.2. The van der Waals surface area contributed by atoms with Gasteiger partial charge in [0.1, 0.15) is 11.6 Å². The Morgan fingerprint density at radius 3 is 2.90 bits per heavy atom. The van der Waals surface area contributed by atoms with Crippen molar-refractivity contribution in [2.24, 2.45) is 0 Å². The van der Waals surface area contributed by atoms with Gasteiger partial charge < -0.3 is 15.2 Å². The molecule has 0 unspecified atom stereocenters. The highest BCUT2D eigenvalue weighted by Crippen LogP contribution is 2.32. The largest absolute Gasteiger partial charge is 0.355 e. The Hall–Kier alpha value is -3.48. The van der Waals surface area contributed by atoms with E-state index in [1.54, 1.807) is 12.3 Å². The van der Waals surface area contributed by atoms with Gasteiger partial charge in [0, 0.05) is 44.0 Å². The van der Waals surface area contributed by atoms with Gasteiger partial charge in [0.05, 0.1) is 5.92 Å². The maximum Gasteiger partial charge on any atom is 0.228 e. The first-order valence-electron chi connectivity index (χ1n) is 9.51. The molecule has 2 amide bonds. The van der Waals surface area contributed by atoms with Gasteiger partial charge >= 0.3 is 0 Å². The Labute approximate surface area is 167 Å². The summed E-state index contributed by atoms with van der Waals surface area (Å²) in [6.07, 6.45) is 4.28. The van der Waals surface area contributed by atoms with Crippen molar-refractivity contribution in [1.29, 1.82) is 0 Å². The molecule has 7 heteroatoms. The number of halogens is 1. The van der Waals surface area contributed by atoms with Gasteiger partial charge in [-0.25, -0.2) is 9.37 Å². The molecule has 0 aliphatic carbocycles. The minimum absolute atomic E-state index is 0.0487. The molecule has 2 N–H and O–H groups in total. The van der Waals surface area contributed by atoms with Crippen molar-refractivity contribution in [3.63, 3.8) is 0 Å². The van der Waals surface area contributed by atoms with E-state index in [1.807, 2.05) is 29.0 Å². The van der Waals surface area contributed by atoms with E-state index in [2.05, 4.69) is 27.8 Å². The number of anilines is 1. The summed E-state index contributed by atoms with van der Waals surface area (Å²) in [6, 6.07) is 14.2. The summed E-state index contributed by atoms with van der Waals surface area (Å²) in [5.41, 5.74) is 2.17. The zero-order valence-electron chi connectivity index (χ0n) is 15.8. The van der Waals surface area contributed by atoms with Gasteiger partial charge in [0.2, 0.25) is 11.8 Å². The molecule has 0 radical (unpaired) electrons. The van der Waals surface area contributed by atoms with Crippen molar-refractivity contribution in [3.05, 3.63) is 83.7 Å². The summed E-state index contributed by atoms with van der Waals surface area (Å²) < 4.78 is 15.5. The van der Waals surface area contributed by atoms with Crippen LogP contribution in [0.2, 0.25) is 0 Å². The fourth-order valence-electron chi connectivity index (χ4n) is 3.58. The molecule has 6 nitrogen and oxygen atoms in total. The number of nitrogens with one attached hydrogen (secondary N) is 2. The second-order valence-corrected chi connectivity index (χ2v) is 7.03. The predicted molar refractivity (Wildman–Crippen MR) is 107 cm³/mol. The first-order valence-corrected chi connectivity index (χ1v) is 9.51. The fraction of sp³-hybridized carbons (Fsp3) is 0.227. The van der Waals surface area contributed by atoms with E-state index in [0.29, 0.717) is 30.8 Å². The van der Waals surface area contributed by atoms with Crippen LogP contribution < -0.4 is 10.6 Å². The standard InChI is InChI=1S/C22H21FN4O2/c23-16-6-7-17-18(13-21(28)26-19(17)12-16)22(29)25-9-8-20-24-10-11-27(20)14-15-4-2-1-3-5-15/h1-7,10-12,18H,8-9,13-14H2,(H,25,29)(H,26,28)/t18-/m0/s1. The third-order valence-corrected chi connectivity index (χ3v) is 5.02. The molecule has 1 atom stereocenters. The Kier molecular flexibility index (Phi) is 5.37. The molecule has 0 saturated carbocycles. The van der Waals surface area contributed by atoms with Gasteiger partial charge in [-0.15, -0.1) is 0 Å². The number of rotatable bonds is 6. The lowest BCUT2D eigenvalue weighted by Gasteiger charge is -2.24. The lowest BCUT2D eigenvalue weighted by Crippen LogP contribution is -2.36. The normalized spacial score (nSPS) is 15.5. The third kappa shape index (κ3) is 4.34. The molecular weight excluding hydrogens is 371 g/mol. The van der Waals surface area contributed by atoms with Crippen LogP contribution >= 0.6 is 0 Å². The van der Waals surface area contributed by atoms with E-state index in [9.17, 15) is 14.0 Å². The lowest BCUT2D eigenvalue weighted by atomic mass is 9.89. The van der Waals surface area contributed by atoms with Gasteiger partial charge in [-0.05, 0) is 23.3 Å². The molecule has 1 aromatic heterocycles. The Balaban J connectivity index is 1.38. The maximum absolute atomic E-state index is 13.4. The first kappa shape index (κ1) is 18.9. The topological polar surface area (TPSA) is 76.0 Å². The van der Waals surface area contributed by atoms with Crippen molar-refractivity contribution in [3.8, 4) is 0 Å². The second-order valence-electron chi connectivity index (χ2n) is 7.03. The Bertz CT molecular complexity index is 1030. The van der Waals surface area contributed by atoms with Crippen molar-refractivity contribution in [2.45, 2.75) is 25.3 Å². The number of nitrogens with zero attached hydrogens (tertiary/aromatic N) is 2. The van der Waals surface area contributed by atoms with E-state index >= 15 is 0 Å². The summed E-state index contributed by atoms with van der Waals surface area (Å²) in [5.74, 6) is -0.729. The van der Waals surface area contributed by atoms with Crippen molar-refractivity contribution >= 4 is 17.5 Å². The average molecular weight is 392 g/mol. The monoisotopic (exact) mass is 392 g/mol. The summed E-state index contributed by atoms with van der Waals surface area (Å²) >= 11 is 0. The Morgan fingerprint density at radius 1 is 1.24 bits per heavy atom. The molecule has 1 aliphatic heterocycles. The van der Waals surface area contributed by atoms with Gasteiger partial charge in [0.15, 0.2) is 0 Å². The van der Waals surface area contributed by atoms with E-state index in [1.165, 1.54) is 17.7 Å². The van der Waals surface area contributed by atoms with Crippen LogP contribution in [0.1, 0.15) is 29.3 Å². The van der Waals surface area contributed by atoms with Crippen LogP contribution in [0.4, 0.5) is 10.1 Å². The number of imidazole rings is 1. The number of amides is 2. The van der Waals surface area contributed by atoms with E-state index < -0.39 is 11.7 Å². The summed E-state index contributed by atoms with van der Waals surface area (Å²) in [7, 11) is 0. The van der Waals surface area contributed by atoms with Gasteiger partial charge in [-0.1, -0.05) is 36.4 Å². The second kappa shape index (κ2) is 8.26. The smallest absolute Gasteiger partial charge is 0.228 e. The molecule has 148 valence electrons.